The number of carbonyl (C=O) groups is 2. The zero-order valence-electron chi connectivity index (χ0n) is 10.2. The van der Waals surface area contributed by atoms with Crippen molar-refractivity contribution in [2.45, 2.75) is 44.7 Å². The highest BCUT2D eigenvalue weighted by atomic mass is 16.4. The second kappa shape index (κ2) is 6.27. The second-order valence-corrected chi connectivity index (χ2v) is 4.43. The van der Waals surface area contributed by atoms with Crippen LogP contribution in [-0.4, -0.2) is 40.6 Å². The Morgan fingerprint density at radius 1 is 1.53 bits per heavy atom. The van der Waals surface area contributed by atoms with Gasteiger partial charge in [0.05, 0.1) is 0 Å². The first-order valence-corrected chi connectivity index (χ1v) is 5.96. The van der Waals surface area contributed by atoms with Crippen LogP contribution in [0.15, 0.2) is 12.7 Å². The van der Waals surface area contributed by atoms with Gasteiger partial charge in [-0.05, 0) is 19.8 Å². The van der Waals surface area contributed by atoms with E-state index in [4.69, 9.17) is 5.11 Å². The van der Waals surface area contributed by atoms with Gasteiger partial charge in [-0.15, -0.1) is 6.58 Å². The van der Waals surface area contributed by atoms with Crippen LogP contribution in [0.25, 0.3) is 0 Å². The number of aliphatic carboxylic acids is 1. The van der Waals surface area contributed by atoms with Crippen LogP contribution in [0, 0.1) is 0 Å². The van der Waals surface area contributed by atoms with Gasteiger partial charge < -0.3 is 15.3 Å². The molecule has 1 unspecified atom stereocenters. The largest absolute Gasteiger partial charge is 0.480 e. The Kier molecular flexibility index (Phi) is 5.00. The molecule has 1 saturated carbocycles. The van der Waals surface area contributed by atoms with Gasteiger partial charge >= 0.3 is 12.0 Å². The van der Waals surface area contributed by atoms with Gasteiger partial charge in [-0.2, -0.15) is 0 Å². The van der Waals surface area contributed by atoms with Crippen LogP contribution in [0.5, 0.6) is 0 Å². The van der Waals surface area contributed by atoms with E-state index >= 15 is 0 Å². The number of nitrogens with zero attached hydrogens (tertiary/aromatic N) is 1. The number of nitrogens with one attached hydrogen (secondary N) is 1. The molecule has 1 rings (SSSR count). The highest BCUT2D eigenvalue weighted by Crippen LogP contribution is 2.23. The first-order chi connectivity index (χ1) is 8.04. The predicted octanol–water partition coefficient (Wildman–Crippen LogP) is 1.60. The van der Waals surface area contributed by atoms with E-state index in [1.165, 1.54) is 4.90 Å². The standard InChI is InChI=1S/C12H20N2O3/c1-3-9(2)13-12(17)14(8-11(15)16)10-6-4-5-7-10/h3,9-10H,1,4-8H2,2H3,(H,13,17)(H,15,16). The van der Waals surface area contributed by atoms with Crippen LogP contribution in [0.3, 0.4) is 0 Å². The lowest BCUT2D eigenvalue weighted by molar-refractivity contribution is -0.138. The Morgan fingerprint density at radius 2 is 2.12 bits per heavy atom. The quantitative estimate of drug-likeness (QED) is 0.717. The van der Waals surface area contributed by atoms with Crippen molar-refractivity contribution in [3.63, 3.8) is 0 Å². The molecule has 0 aromatic carbocycles. The molecule has 2 amide bonds. The molecule has 0 saturated heterocycles. The number of carboxylic acid groups (broad SMARTS) is 1. The highest BCUT2D eigenvalue weighted by Gasteiger charge is 2.28. The summed E-state index contributed by atoms with van der Waals surface area (Å²) in [6.07, 6.45) is 5.52. The summed E-state index contributed by atoms with van der Waals surface area (Å²) in [6.45, 7) is 5.15. The zero-order valence-corrected chi connectivity index (χ0v) is 10.2. The molecular formula is C12H20N2O3. The van der Waals surface area contributed by atoms with E-state index in [1.54, 1.807) is 13.0 Å². The average molecular weight is 240 g/mol. The molecular weight excluding hydrogens is 220 g/mol. The maximum atomic E-state index is 11.9. The van der Waals surface area contributed by atoms with E-state index in [2.05, 4.69) is 11.9 Å². The number of hydrogen-bond acceptors (Lipinski definition) is 2. The fourth-order valence-electron chi connectivity index (χ4n) is 2.06. The van der Waals surface area contributed by atoms with Crippen molar-refractivity contribution in [1.82, 2.24) is 10.2 Å². The number of carbonyl (C=O) groups excluding carboxylic acids is 1. The maximum absolute atomic E-state index is 11.9. The molecule has 1 atom stereocenters. The van der Waals surface area contributed by atoms with Gasteiger partial charge in [0.25, 0.3) is 0 Å². The lowest BCUT2D eigenvalue weighted by Gasteiger charge is -2.28. The number of urea groups is 1. The summed E-state index contributed by atoms with van der Waals surface area (Å²) < 4.78 is 0. The Balaban J connectivity index is 2.63. The molecule has 0 aromatic rings. The van der Waals surface area contributed by atoms with Crippen molar-refractivity contribution in [3.05, 3.63) is 12.7 Å². The normalized spacial score (nSPS) is 17.5. The third-order valence-corrected chi connectivity index (χ3v) is 3.04. The molecule has 0 radical (unpaired) electrons. The molecule has 1 aliphatic carbocycles. The van der Waals surface area contributed by atoms with Crippen LogP contribution < -0.4 is 5.32 Å². The first-order valence-electron chi connectivity index (χ1n) is 5.96. The van der Waals surface area contributed by atoms with Gasteiger partial charge in [0.15, 0.2) is 0 Å². The van der Waals surface area contributed by atoms with Crippen molar-refractivity contribution in [2.24, 2.45) is 0 Å². The van der Waals surface area contributed by atoms with Gasteiger partial charge in [0, 0.05) is 12.1 Å². The number of carboxylic acids is 1. The van der Waals surface area contributed by atoms with Gasteiger partial charge in [-0.3, -0.25) is 4.79 Å². The van der Waals surface area contributed by atoms with Crippen molar-refractivity contribution >= 4 is 12.0 Å². The third kappa shape index (κ3) is 4.09. The van der Waals surface area contributed by atoms with Crippen molar-refractivity contribution in [1.29, 1.82) is 0 Å². The smallest absolute Gasteiger partial charge is 0.323 e. The molecule has 0 aromatic heterocycles. The van der Waals surface area contributed by atoms with E-state index in [1.807, 2.05) is 0 Å². The third-order valence-electron chi connectivity index (χ3n) is 3.04. The fourth-order valence-corrected chi connectivity index (χ4v) is 2.06. The minimum absolute atomic E-state index is 0.0584. The SMILES string of the molecule is C=CC(C)NC(=O)N(CC(=O)O)C1CCCC1. The summed E-state index contributed by atoms with van der Waals surface area (Å²) in [5.41, 5.74) is 0. The highest BCUT2D eigenvalue weighted by molar-refractivity contribution is 5.80. The first kappa shape index (κ1) is 13.5. The Bertz CT molecular complexity index is 298. The number of rotatable bonds is 5. The fraction of sp³-hybridized carbons (Fsp3) is 0.667. The van der Waals surface area contributed by atoms with Crippen molar-refractivity contribution in [2.75, 3.05) is 6.54 Å². The van der Waals surface area contributed by atoms with Crippen LogP contribution in [0.2, 0.25) is 0 Å². The summed E-state index contributed by atoms with van der Waals surface area (Å²) >= 11 is 0. The Labute approximate surface area is 101 Å². The Morgan fingerprint density at radius 3 is 2.59 bits per heavy atom. The molecule has 0 spiro atoms. The zero-order chi connectivity index (χ0) is 12.8. The second-order valence-electron chi connectivity index (χ2n) is 4.43. The average Bonchev–Trinajstić information content (AvgIpc) is 2.78. The minimum atomic E-state index is -0.974. The lowest BCUT2D eigenvalue weighted by Crippen LogP contribution is -2.49. The van der Waals surface area contributed by atoms with Crippen LogP contribution in [0.4, 0.5) is 4.79 Å². The molecule has 5 nitrogen and oxygen atoms in total. The van der Waals surface area contributed by atoms with Crippen molar-refractivity contribution < 1.29 is 14.7 Å². The summed E-state index contributed by atoms with van der Waals surface area (Å²) in [7, 11) is 0. The van der Waals surface area contributed by atoms with Gasteiger partial charge in [-0.25, -0.2) is 4.79 Å². The van der Waals surface area contributed by atoms with E-state index < -0.39 is 5.97 Å². The summed E-state index contributed by atoms with van der Waals surface area (Å²) in [5, 5.41) is 11.6. The van der Waals surface area contributed by atoms with E-state index in [0.717, 1.165) is 25.7 Å². The van der Waals surface area contributed by atoms with Crippen LogP contribution in [-0.2, 0) is 4.79 Å². The number of amides is 2. The van der Waals surface area contributed by atoms with Crippen molar-refractivity contribution in [3.8, 4) is 0 Å². The number of hydrogen-bond donors (Lipinski definition) is 2. The van der Waals surface area contributed by atoms with Gasteiger partial charge in [0.2, 0.25) is 0 Å². The molecule has 0 aliphatic heterocycles. The van der Waals surface area contributed by atoms with E-state index in [-0.39, 0.29) is 24.7 Å². The molecule has 17 heavy (non-hydrogen) atoms. The van der Waals surface area contributed by atoms with Crippen LogP contribution in [0.1, 0.15) is 32.6 Å². The molecule has 0 bridgehead atoms. The molecule has 5 heteroatoms. The molecule has 1 aliphatic rings. The molecule has 2 N–H and O–H groups in total. The monoisotopic (exact) mass is 240 g/mol. The lowest BCUT2D eigenvalue weighted by atomic mass is 10.2. The maximum Gasteiger partial charge on any atom is 0.323 e. The Hall–Kier alpha value is -1.52. The van der Waals surface area contributed by atoms with Gasteiger partial charge in [-0.1, -0.05) is 18.9 Å². The summed E-state index contributed by atoms with van der Waals surface area (Å²) in [4.78, 5) is 24.1. The topological polar surface area (TPSA) is 69.6 Å². The molecule has 96 valence electrons. The van der Waals surface area contributed by atoms with Crippen LogP contribution >= 0.6 is 0 Å². The van der Waals surface area contributed by atoms with E-state index in [9.17, 15) is 9.59 Å². The van der Waals surface area contributed by atoms with Gasteiger partial charge in [0.1, 0.15) is 6.54 Å². The summed E-state index contributed by atoms with van der Waals surface area (Å²) in [6, 6.07) is -0.407. The minimum Gasteiger partial charge on any atom is -0.480 e. The predicted molar refractivity (Wildman–Crippen MR) is 64.8 cm³/mol. The molecule has 0 heterocycles. The summed E-state index contributed by atoms with van der Waals surface area (Å²) in [5.74, 6) is -0.974. The van der Waals surface area contributed by atoms with E-state index in [0.29, 0.717) is 0 Å². The molecule has 1 fully saturated rings.